The first kappa shape index (κ1) is 18.8. The van der Waals surface area contributed by atoms with E-state index >= 15 is 0 Å². The van der Waals surface area contributed by atoms with Crippen LogP contribution in [-0.4, -0.2) is 26.2 Å². The maximum atomic E-state index is 11.2. The van der Waals surface area contributed by atoms with Gasteiger partial charge in [-0.2, -0.15) is 0 Å². The van der Waals surface area contributed by atoms with E-state index in [9.17, 15) is 9.59 Å². The van der Waals surface area contributed by atoms with Crippen LogP contribution in [0.3, 0.4) is 0 Å². The topological polar surface area (TPSA) is 71.1 Å². The van der Waals surface area contributed by atoms with Crippen LogP contribution in [0.25, 0.3) is 0 Å². The van der Waals surface area contributed by atoms with Crippen LogP contribution in [0.1, 0.15) is 43.2 Å². The summed E-state index contributed by atoms with van der Waals surface area (Å²) in [7, 11) is 3.10. The lowest BCUT2D eigenvalue weighted by Crippen LogP contribution is -2.03. The van der Waals surface area contributed by atoms with Crippen molar-refractivity contribution in [1.82, 2.24) is 0 Å². The smallest absolute Gasteiger partial charge is 0.308 e. The minimum absolute atomic E-state index is 0.342. The van der Waals surface area contributed by atoms with Crippen molar-refractivity contribution < 1.29 is 28.5 Å². The Labute approximate surface area is 158 Å². The average molecular weight is 370 g/mol. The van der Waals surface area contributed by atoms with Gasteiger partial charge in [-0.3, -0.25) is 9.59 Å². The van der Waals surface area contributed by atoms with E-state index in [-0.39, 0.29) is 11.9 Å². The summed E-state index contributed by atoms with van der Waals surface area (Å²) in [6, 6.07) is 11.2. The minimum atomic E-state index is -0.384. The van der Waals surface area contributed by atoms with Crippen LogP contribution in [-0.2, 0) is 9.59 Å². The highest BCUT2D eigenvalue weighted by Crippen LogP contribution is 2.56. The van der Waals surface area contributed by atoms with Gasteiger partial charge in [0.05, 0.1) is 14.2 Å². The van der Waals surface area contributed by atoms with Crippen LogP contribution in [0, 0.1) is 0 Å². The molecule has 1 saturated carbocycles. The van der Waals surface area contributed by atoms with Gasteiger partial charge in [-0.15, -0.1) is 0 Å². The monoisotopic (exact) mass is 370 g/mol. The number of ether oxygens (including phenoxy) is 4. The lowest BCUT2D eigenvalue weighted by molar-refractivity contribution is -0.132. The average Bonchev–Trinajstić information content (AvgIpc) is 3.42. The molecular weight excluding hydrogens is 348 g/mol. The van der Waals surface area contributed by atoms with E-state index in [1.807, 2.05) is 24.3 Å². The predicted octanol–water partition coefficient (Wildman–Crippen LogP) is 3.83. The Balaban J connectivity index is 1.79. The molecule has 142 valence electrons. The van der Waals surface area contributed by atoms with Gasteiger partial charge in [0, 0.05) is 13.8 Å². The van der Waals surface area contributed by atoms with Gasteiger partial charge in [-0.1, -0.05) is 12.1 Å². The van der Waals surface area contributed by atoms with Crippen LogP contribution in [0.15, 0.2) is 36.4 Å². The van der Waals surface area contributed by atoms with Crippen molar-refractivity contribution in [3.8, 4) is 23.0 Å². The maximum absolute atomic E-state index is 11.2. The third kappa shape index (κ3) is 4.22. The standard InChI is InChI=1S/C21H22O6/c1-12(22)26-18-7-5-14(9-20(18)24-3)16-11-17(16)15-6-8-19(27-13(2)23)21(10-15)25-4/h5-10,16-17H,11H2,1-4H3/t16-,17-/m0/s1. The Bertz CT molecular complexity index is 801. The van der Waals surface area contributed by atoms with Gasteiger partial charge in [0.15, 0.2) is 23.0 Å². The molecule has 1 fully saturated rings. The Hall–Kier alpha value is -3.02. The lowest BCUT2D eigenvalue weighted by atomic mass is 10.0. The number of hydrogen-bond acceptors (Lipinski definition) is 6. The van der Waals surface area contributed by atoms with Crippen molar-refractivity contribution >= 4 is 11.9 Å². The van der Waals surface area contributed by atoms with E-state index in [1.54, 1.807) is 26.4 Å². The van der Waals surface area contributed by atoms with Crippen LogP contribution >= 0.6 is 0 Å². The molecule has 0 heterocycles. The van der Waals surface area contributed by atoms with E-state index in [1.165, 1.54) is 13.8 Å². The Kier molecular flexibility index (Phi) is 5.35. The summed E-state index contributed by atoms with van der Waals surface area (Å²) in [5, 5.41) is 0. The van der Waals surface area contributed by atoms with Gasteiger partial charge in [-0.05, 0) is 53.6 Å². The van der Waals surface area contributed by atoms with Crippen molar-refractivity contribution in [2.45, 2.75) is 32.1 Å². The first-order chi connectivity index (χ1) is 12.9. The van der Waals surface area contributed by atoms with Crippen LogP contribution < -0.4 is 18.9 Å². The van der Waals surface area contributed by atoms with Crippen molar-refractivity contribution in [2.24, 2.45) is 0 Å². The van der Waals surface area contributed by atoms with E-state index < -0.39 is 0 Å². The summed E-state index contributed by atoms with van der Waals surface area (Å²) in [5.74, 6) is 1.82. The molecule has 27 heavy (non-hydrogen) atoms. The van der Waals surface area contributed by atoms with Gasteiger partial charge in [-0.25, -0.2) is 0 Å². The van der Waals surface area contributed by atoms with E-state index in [2.05, 4.69) is 0 Å². The highest BCUT2D eigenvalue weighted by Gasteiger charge is 2.40. The number of methoxy groups -OCH3 is 2. The molecule has 0 amide bonds. The number of carbonyl (C=O) groups excluding carboxylic acids is 2. The molecule has 6 nitrogen and oxygen atoms in total. The third-order valence-corrected chi connectivity index (χ3v) is 4.53. The van der Waals surface area contributed by atoms with Crippen LogP contribution in [0.2, 0.25) is 0 Å². The molecule has 2 atom stereocenters. The molecule has 0 N–H and O–H groups in total. The van der Waals surface area contributed by atoms with Crippen molar-refractivity contribution in [2.75, 3.05) is 14.2 Å². The molecule has 3 rings (SSSR count). The van der Waals surface area contributed by atoms with Crippen molar-refractivity contribution in [1.29, 1.82) is 0 Å². The highest BCUT2D eigenvalue weighted by atomic mass is 16.6. The van der Waals surface area contributed by atoms with E-state index in [4.69, 9.17) is 18.9 Å². The summed E-state index contributed by atoms with van der Waals surface area (Å²) in [6.45, 7) is 2.72. The summed E-state index contributed by atoms with van der Waals surface area (Å²) < 4.78 is 21.0. The fourth-order valence-electron chi connectivity index (χ4n) is 3.24. The number of benzene rings is 2. The second-order valence-corrected chi connectivity index (χ2v) is 6.46. The van der Waals surface area contributed by atoms with E-state index in [0.717, 1.165) is 17.5 Å². The molecule has 0 aliphatic heterocycles. The SMILES string of the molecule is COc1cc([C@@H]2C[C@H]2c2ccc(OC(C)=O)c(OC)c2)ccc1OC(C)=O. The van der Waals surface area contributed by atoms with Gasteiger partial charge in [0.25, 0.3) is 0 Å². The molecule has 2 aromatic rings. The first-order valence-electron chi connectivity index (χ1n) is 8.65. The molecule has 2 aromatic carbocycles. The van der Waals surface area contributed by atoms with E-state index in [0.29, 0.717) is 34.8 Å². The third-order valence-electron chi connectivity index (χ3n) is 4.53. The summed E-state index contributed by atoms with van der Waals surface area (Å²) in [6.07, 6.45) is 0.992. The van der Waals surface area contributed by atoms with Crippen LogP contribution in [0.5, 0.6) is 23.0 Å². The van der Waals surface area contributed by atoms with Gasteiger partial charge < -0.3 is 18.9 Å². The molecular formula is C21H22O6. The molecule has 0 saturated heterocycles. The molecule has 0 aromatic heterocycles. The molecule has 6 heteroatoms. The largest absolute Gasteiger partial charge is 0.493 e. The molecule has 0 bridgehead atoms. The minimum Gasteiger partial charge on any atom is -0.493 e. The molecule has 0 radical (unpaired) electrons. The Morgan fingerprint density at radius 2 is 1.15 bits per heavy atom. The fourth-order valence-corrected chi connectivity index (χ4v) is 3.24. The molecule has 0 unspecified atom stereocenters. The molecule has 1 aliphatic rings. The maximum Gasteiger partial charge on any atom is 0.308 e. The number of carbonyl (C=O) groups is 2. The zero-order valence-electron chi connectivity index (χ0n) is 15.8. The normalized spacial score (nSPS) is 17.8. The Morgan fingerprint density at radius 1 is 0.741 bits per heavy atom. The second kappa shape index (κ2) is 7.70. The zero-order valence-corrected chi connectivity index (χ0v) is 15.8. The lowest BCUT2D eigenvalue weighted by Gasteiger charge is -2.11. The zero-order chi connectivity index (χ0) is 19.6. The van der Waals surface area contributed by atoms with Crippen molar-refractivity contribution in [3.63, 3.8) is 0 Å². The Morgan fingerprint density at radius 3 is 1.48 bits per heavy atom. The number of esters is 2. The van der Waals surface area contributed by atoms with Gasteiger partial charge in [0.1, 0.15) is 0 Å². The summed E-state index contributed by atoms with van der Waals surface area (Å²) >= 11 is 0. The first-order valence-corrected chi connectivity index (χ1v) is 8.65. The predicted molar refractivity (Wildman–Crippen MR) is 98.7 cm³/mol. The van der Waals surface area contributed by atoms with Gasteiger partial charge >= 0.3 is 11.9 Å². The quantitative estimate of drug-likeness (QED) is 0.569. The van der Waals surface area contributed by atoms with Crippen LogP contribution in [0.4, 0.5) is 0 Å². The summed E-state index contributed by atoms with van der Waals surface area (Å²) in [4.78, 5) is 22.4. The summed E-state index contributed by atoms with van der Waals surface area (Å²) in [5.41, 5.74) is 2.24. The number of hydrogen-bond donors (Lipinski definition) is 0. The highest BCUT2D eigenvalue weighted by molar-refractivity contribution is 5.71. The molecule has 0 spiro atoms. The van der Waals surface area contributed by atoms with Crippen molar-refractivity contribution in [3.05, 3.63) is 47.5 Å². The second-order valence-electron chi connectivity index (χ2n) is 6.46. The fraction of sp³-hybridized carbons (Fsp3) is 0.333. The number of rotatable bonds is 6. The van der Waals surface area contributed by atoms with Gasteiger partial charge in [0.2, 0.25) is 0 Å². The molecule has 1 aliphatic carbocycles.